The molecule has 0 spiro atoms. The molecule has 1 aromatic carbocycles. The van der Waals surface area contributed by atoms with Crippen LogP contribution in [0.15, 0.2) is 18.2 Å². The molecule has 1 rings (SSSR count). The molecule has 0 aliphatic rings. The third-order valence-corrected chi connectivity index (χ3v) is 1.51. The Morgan fingerprint density at radius 1 is 1.58 bits per heavy atom. The molecule has 0 heterocycles. The molecule has 0 saturated carbocycles. The number of carbonyl (C=O) groups is 1. The number of halogens is 1. The average Bonchev–Trinajstić information content (AvgIpc) is 2.05. The van der Waals surface area contributed by atoms with Crippen LogP contribution in [0, 0.1) is 18.2 Å². The third-order valence-electron chi connectivity index (χ3n) is 1.51. The van der Waals surface area contributed by atoms with Gasteiger partial charge in [0, 0.05) is 5.56 Å². The minimum absolute atomic E-state index is 0.0467. The Morgan fingerprint density at radius 2 is 2.25 bits per heavy atom. The van der Waals surface area contributed by atoms with Crippen LogP contribution in [0.3, 0.4) is 0 Å². The van der Waals surface area contributed by atoms with E-state index in [-0.39, 0.29) is 11.3 Å². The Labute approximate surface area is 70.2 Å². The molecule has 12 heavy (non-hydrogen) atoms. The summed E-state index contributed by atoms with van der Waals surface area (Å²) in [6.07, 6.45) is 5.09. The summed E-state index contributed by atoms with van der Waals surface area (Å²) in [4.78, 5) is 10.8. The quantitative estimate of drug-likeness (QED) is 0.456. The first-order valence-electron chi connectivity index (χ1n) is 3.42. The first-order chi connectivity index (χ1) is 5.65. The maximum absolute atomic E-state index is 12.9. The number of Topliss-reactive ketones (excluding diaryl/α,β-unsaturated/α-hetero) is 1. The maximum atomic E-state index is 12.9. The van der Waals surface area contributed by atoms with E-state index in [0.717, 1.165) is 0 Å². The van der Waals surface area contributed by atoms with Gasteiger partial charge in [0.05, 0.1) is 5.56 Å². The number of rotatable bonds is 1. The fraction of sp³-hybridized carbons (Fsp3) is 0.100. The van der Waals surface area contributed by atoms with E-state index in [9.17, 15) is 9.18 Å². The van der Waals surface area contributed by atoms with Gasteiger partial charge in [-0.2, -0.15) is 0 Å². The summed E-state index contributed by atoms with van der Waals surface area (Å²) < 4.78 is 12.9. The Morgan fingerprint density at radius 3 is 2.75 bits per heavy atom. The highest BCUT2D eigenvalue weighted by atomic mass is 19.1. The van der Waals surface area contributed by atoms with Crippen molar-refractivity contribution in [2.24, 2.45) is 0 Å². The fourth-order valence-corrected chi connectivity index (χ4v) is 0.885. The molecule has 2 heteroatoms. The molecule has 0 saturated heterocycles. The van der Waals surface area contributed by atoms with Gasteiger partial charge in [0.2, 0.25) is 0 Å². The lowest BCUT2D eigenvalue weighted by atomic mass is 10.1. The van der Waals surface area contributed by atoms with E-state index in [1.165, 1.54) is 25.1 Å². The summed E-state index contributed by atoms with van der Waals surface area (Å²) >= 11 is 0. The Balaban J connectivity index is 3.28. The van der Waals surface area contributed by atoms with Crippen molar-refractivity contribution in [1.29, 1.82) is 0 Å². The van der Waals surface area contributed by atoms with Crippen LogP contribution in [-0.4, -0.2) is 5.78 Å². The second-order valence-corrected chi connectivity index (χ2v) is 2.40. The molecule has 0 unspecified atom stereocenters. The number of ketones is 1. The molecule has 0 bridgehead atoms. The molecular weight excluding hydrogens is 155 g/mol. The largest absolute Gasteiger partial charge is 0.294 e. The monoisotopic (exact) mass is 162 g/mol. The van der Waals surface area contributed by atoms with Gasteiger partial charge in [0.15, 0.2) is 5.78 Å². The van der Waals surface area contributed by atoms with Gasteiger partial charge in [0.1, 0.15) is 5.82 Å². The number of terminal acetylenes is 1. The van der Waals surface area contributed by atoms with Crippen molar-refractivity contribution in [1.82, 2.24) is 0 Å². The number of hydrogen-bond donors (Lipinski definition) is 0. The van der Waals surface area contributed by atoms with Gasteiger partial charge in [0.25, 0.3) is 0 Å². The Bertz CT molecular complexity index is 361. The van der Waals surface area contributed by atoms with Crippen LogP contribution in [-0.2, 0) is 0 Å². The SMILES string of the molecule is C#Cc1ccc(F)c(C(C)=O)c1. The van der Waals surface area contributed by atoms with Crippen LogP contribution in [0.5, 0.6) is 0 Å². The number of carbonyl (C=O) groups excluding carboxylic acids is 1. The van der Waals surface area contributed by atoms with E-state index in [1.54, 1.807) is 0 Å². The van der Waals surface area contributed by atoms with E-state index < -0.39 is 5.82 Å². The topological polar surface area (TPSA) is 17.1 Å². The van der Waals surface area contributed by atoms with Crippen LogP contribution in [0.2, 0.25) is 0 Å². The van der Waals surface area contributed by atoms with Gasteiger partial charge in [-0.3, -0.25) is 4.79 Å². The minimum Gasteiger partial charge on any atom is -0.294 e. The van der Waals surface area contributed by atoms with Crippen LogP contribution >= 0.6 is 0 Å². The van der Waals surface area contributed by atoms with Crippen LogP contribution in [0.25, 0.3) is 0 Å². The van der Waals surface area contributed by atoms with Crippen molar-refractivity contribution in [2.45, 2.75) is 6.92 Å². The molecule has 0 fully saturated rings. The predicted octanol–water partition coefficient (Wildman–Crippen LogP) is 2.01. The number of hydrogen-bond acceptors (Lipinski definition) is 1. The van der Waals surface area contributed by atoms with Gasteiger partial charge in [-0.25, -0.2) is 4.39 Å². The molecular formula is C10H7FO. The zero-order valence-corrected chi connectivity index (χ0v) is 6.60. The Hall–Kier alpha value is -1.62. The fourth-order valence-electron chi connectivity index (χ4n) is 0.885. The number of benzene rings is 1. The summed E-state index contributed by atoms with van der Waals surface area (Å²) in [6, 6.07) is 4.03. The van der Waals surface area contributed by atoms with Crippen molar-refractivity contribution < 1.29 is 9.18 Å². The van der Waals surface area contributed by atoms with Crippen LogP contribution in [0.1, 0.15) is 22.8 Å². The van der Waals surface area contributed by atoms with Crippen molar-refractivity contribution in [3.05, 3.63) is 35.1 Å². The summed E-state index contributed by atoms with van der Waals surface area (Å²) in [5.41, 5.74) is 0.562. The lowest BCUT2D eigenvalue weighted by Crippen LogP contribution is -1.97. The minimum atomic E-state index is -0.526. The molecule has 0 aliphatic carbocycles. The lowest BCUT2D eigenvalue weighted by molar-refractivity contribution is 0.101. The highest BCUT2D eigenvalue weighted by molar-refractivity contribution is 5.94. The lowest BCUT2D eigenvalue weighted by Gasteiger charge is -1.97. The summed E-state index contributed by atoms with van der Waals surface area (Å²) in [5.74, 6) is 1.49. The highest BCUT2D eigenvalue weighted by Crippen LogP contribution is 2.10. The second-order valence-electron chi connectivity index (χ2n) is 2.40. The van der Waals surface area contributed by atoms with E-state index in [1.807, 2.05) is 0 Å². The standard InChI is InChI=1S/C10H7FO/c1-3-8-4-5-10(11)9(6-8)7(2)12/h1,4-6H,2H3. The van der Waals surface area contributed by atoms with Gasteiger partial charge >= 0.3 is 0 Å². The molecule has 0 aromatic heterocycles. The maximum Gasteiger partial charge on any atom is 0.162 e. The first kappa shape index (κ1) is 8.48. The van der Waals surface area contributed by atoms with Gasteiger partial charge in [-0.05, 0) is 25.1 Å². The molecule has 0 radical (unpaired) electrons. The highest BCUT2D eigenvalue weighted by Gasteiger charge is 2.06. The summed E-state index contributed by atoms with van der Waals surface area (Å²) in [6.45, 7) is 1.30. The third kappa shape index (κ3) is 1.51. The summed E-state index contributed by atoms with van der Waals surface area (Å²) in [5, 5.41) is 0. The van der Waals surface area contributed by atoms with Gasteiger partial charge in [-0.15, -0.1) is 6.42 Å². The molecule has 0 N–H and O–H groups in total. The Kier molecular flexibility index (Phi) is 2.25. The van der Waals surface area contributed by atoms with Crippen molar-refractivity contribution in [3.8, 4) is 12.3 Å². The van der Waals surface area contributed by atoms with E-state index in [0.29, 0.717) is 5.56 Å². The molecule has 1 nitrogen and oxygen atoms in total. The van der Waals surface area contributed by atoms with Crippen molar-refractivity contribution in [2.75, 3.05) is 0 Å². The first-order valence-corrected chi connectivity index (χ1v) is 3.42. The van der Waals surface area contributed by atoms with E-state index in [2.05, 4.69) is 5.92 Å². The molecule has 0 atom stereocenters. The van der Waals surface area contributed by atoms with Crippen LogP contribution in [0.4, 0.5) is 4.39 Å². The van der Waals surface area contributed by atoms with Gasteiger partial charge < -0.3 is 0 Å². The predicted molar refractivity (Wildman–Crippen MR) is 44.3 cm³/mol. The molecule has 0 aliphatic heterocycles. The van der Waals surface area contributed by atoms with Gasteiger partial charge in [-0.1, -0.05) is 5.92 Å². The van der Waals surface area contributed by atoms with E-state index in [4.69, 9.17) is 6.42 Å². The molecule has 0 amide bonds. The summed E-state index contributed by atoms with van der Waals surface area (Å²) in [7, 11) is 0. The van der Waals surface area contributed by atoms with Crippen molar-refractivity contribution in [3.63, 3.8) is 0 Å². The average molecular weight is 162 g/mol. The smallest absolute Gasteiger partial charge is 0.162 e. The zero-order valence-electron chi connectivity index (χ0n) is 6.60. The normalized spacial score (nSPS) is 9.08. The van der Waals surface area contributed by atoms with Crippen LogP contribution < -0.4 is 0 Å². The zero-order chi connectivity index (χ0) is 9.14. The molecule has 60 valence electrons. The van der Waals surface area contributed by atoms with Crippen molar-refractivity contribution >= 4 is 5.78 Å². The van der Waals surface area contributed by atoms with E-state index >= 15 is 0 Å². The molecule has 1 aromatic rings. The second kappa shape index (κ2) is 3.19.